The van der Waals surface area contributed by atoms with E-state index in [1.54, 1.807) is 18.4 Å². The maximum Gasteiger partial charge on any atom is 0.153 e. The highest BCUT2D eigenvalue weighted by Crippen LogP contribution is 2.31. The predicted octanol–water partition coefficient (Wildman–Crippen LogP) is 2.57. The molecule has 0 aliphatic carbocycles. The van der Waals surface area contributed by atoms with Gasteiger partial charge in [-0.05, 0) is 19.1 Å². The Labute approximate surface area is 127 Å². The highest BCUT2D eigenvalue weighted by atomic mass is 32.1. The van der Waals surface area contributed by atoms with Gasteiger partial charge in [0, 0.05) is 20.2 Å². The van der Waals surface area contributed by atoms with Gasteiger partial charge in [0.15, 0.2) is 5.82 Å². The lowest BCUT2D eigenvalue weighted by molar-refractivity contribution is 0.188. The molecule has 21 heavy (non-hydrogen) atoms. The Morgan fingerprint density at radius 1 is 1.29 bits per heavy atom. The third-order valence-corrected chi connectivity index (χ3v) is 4.57. The molecule has 0 aliphatic rings. The molecule has 3 aromatic rings. The first-order chi connectivity index (χ1) is 10.2. The average molecular weight is 302 g/mol. The Balaban J connectivity index is 2.17. The van der Waals surface area contributed by atoms with E-state index in [0.29, 0.717) is 13.2 Å². The molecule has 0 fully saturated rings. The number of rotatable bonds is 5. The minimum Gasteiger partial charge on any atom is -0.383 e. The van der Waals surface area contributed by atoms with E-state index in [0.717, 1.165) is 39.0 Å². The fraction of sp³-hybridized carbons (Fsp3) is 0.333. The zero-order chi connectivity index (χ0) is 14.8. The van der Waals surface area contributed by atoms with Gasteiger partial charge in [0.1, 0.15) is 5.01 Å². The number of fused-ring (bicyclic) bond motifs is 1. The quantitative estimate of drug-likeness (QED) is 0.786. The molecule has 0 aliphatic heterocycles. The predicted molar refractivity (Wildman–Crippen MR) is 85.3 cm³/mol. The summed E-state index contributed by atoms with van der Waals surface area (Å²) < 4.78 is 7.42. The fourth-order valence-electron chi connectivity index (χ4n) is 2.40. The van der Waals surface area contributed by atoms with Crippen molar-refractivity contribution < 1.29 is 4.74 Å². The number of para-hydroxylation sites is 2. The normalized spacial score (nSPS) is 11.4. The summed E-state index contributed by atoms with van der Waals surface area (Å²) in [7, 11) is 1.71. The lowest BCUT2D eigenvalue weighted by Crippen LogP contribution is -2.05. The second kappa shape index (κ2) is 5.93. The molecule has 0 radical (unpaired) electrons. The molecule has 0 amide bonds. The van der Waals surface area contributed by atoms with Crippen molar-refractivity contribution >= 4 is 22.4 Å². The third kappa shape index (κ3) is 2.57. The molecule has 110 valence electrons. The number of nitrogens with two attached hydrogens (primary N) is 1. The maximum atomic E-state index is 5.70. The standard InChI is InChI=1S/C15H18N4OS/c1-10-14(21-13(9-16)17-10)15-18-11-5-3-4-6-12(11)19(15)7-8-20-2/h3-6H,7-9,16H2,1-2H3. The molecular formula is C15H18N4OS. The number of hydrogen-bond donors (Lipinski definition) is 1. The van der Waals surface area contributed by atoms with Gasteiger partial charge < -0.3 is 15.0 Å². The summed E-state index contributed by atoms with van der Waals surface area (Å²) in [5.41, 5.74) is 8.79. The Kier molecular flexibility index (Phi) is 4.01. The van der Waals surface area contributed by atoms with Crippen LogP contribution in [0.5, 0.6) is 0 Å². The van der Waals surface area contributed by atoms with Gasteiger partial charge >= 0.3 is 0 Å². The fourth-order valence-corrected chi connectivity index (χ4v) is 3.35. The first-order valence-electron chi connectivity index (χ1n) is 6.85. The first kappa shape index (κ1) is 14.2. The second-order valence-corrected chi connectivity index (χ2v) is 5.88. The van der Waals surface area contributed by atoms with Crippen LogP contribution >= 0.6 is 11.3 Å². The van der Waals surface area contributed by atoms with Crippen molar-refractivity contribution in [3.63, 3.8) is 0 Å². The summed E-state index contributed by atoms with van der Waals surface area (Å²) in [4.78, 5) is 10.4. The van der Waals surface area contributed by atoms with Crippen LogP contribution < -0.4 is 5.73 Å². The Morgan fingerprint density at radius 2 is 2.10 bits per heavy atom. The van der Waals surface area contributed by atoms with Gasteiger partial charge in [-0.2, -0.15) is 0 Å². The molecule has 0 unspecified atom stereocenters. The molecule has 0 bridgehead atoms. The summed E-state index contributed by atoms with van der Waals surface area (Å²) in [5, 5.41) is 0.938. The van der Waals surface area contributed by atoms with Crippen molar-refractivity contribution in [1.29, 1.82) is 0 Å². The number of aryl methyl sites for hydroxylation is 1. The van der Waals surface area contributed by atoms with E-state index in [2.05, 4.69) is 15.6 Å². The van der Waals surface area contributed by atoms with Crippen LogP contribution in [0.3, 0.4) is 0 Å². The Morgan fingerprint density at radius 3 is 2.81 bits per heavy atom. The molecule has 0 saturated carbocycles. The number of aromatic nitrogens is 3. The van der Waals surface area contributed by atoms with Gasteiger partial charge in [-0.1, -0.05) is 12.1 Å². The number of hydrogen-bond acceptors (Lipinski definition) is 5. The molecule has 2 N–H and O–H groups in total. The minimum absolute atomic E-state index is 0.462. The van der Waals surface area contributed by atoms with Gasteiger partial charge in [0.05, 0.1) is 28.2 Å². The topological polar surface area (TPSA) is 66.0 Å². The van der Waals surface area contributed by atoms with Crippen LogP contribution in [-0.2, 0) is 17.8 Å². The monoisotopic (exact) mass is 302 g/mol. The van der Waals surface area contributed by atoms with Crippen molar-refractivity contribution in [2.24, 2.45) is 5.73 Å². The number of ether oxygens (including phenoxy) is 1. The zero-order valence-electron chi connectivity index (χ0n) is 12.2. The molecule has 3 rings (SSSR count). The summed E-state index contributed by atoms with van der Waals surface area (Å²) in [6, 6.07) is 8.15. The molecule has 0 saturated heterocycles. The van der Waals surface area contributed by atoms with Crippen LogP contribution in [0.4, 0.5) is 0 Å². The smallest absolute Gasteiger partial charge is 0.153 e. The van der Waals surface area contributed by atoms with Crippen molar-refractivity contribution in [3.05, 3.63) is 35.0 Å². The van der Waals surface area contributed by atoms with Crippen LogP contribution in [-0.4, -0.2) is 28.3 Å². The lowest BCUT2D eigenvalue weighted by atomic mass is 10.3. The van der Waals surface area contributed by atoms with Crippen LogP contribution in [0.25, 0.3) is 21.7 Å². The molecule has 2 heterocycles. The van der Waals surface area contributed by atoms with E-state index in [4.69, 9.17) is 15.5 Å². The Bertz CT molecular complexity index is 762. The van der Waals surface area contributed by atoms with Gasteiger partial charge in [0.2, 0.25) is 0 Å². The van der Waals surface area contributed by atoms with E-state index in [9.17, 15) is 0 Å². The molecule has 2 aromatic heterocycles. The highest BCUT2D eigenvalue weighted by molar-refractivity contribution is 7.15. The van der Waals surface area contributed by atoms with Crippen LogP contribution in [0, 0.1) is 6.92 Å². The first-order valence-corrected chi connectivity index (χ1v) is 7.67. The number of imidazole rings is 1. The third-order valence-electron chi connectivity index (χ3n) is 3.39. The summed E-state index contributed by atoms with van der Waals surface area (Å²) in [6.45, 7) is 3.88. The molecule has 1 aromatic carbocycles. The highest BCUT2D eigenvalue weighted by Gasteiger charge is 2.17. The van der Waals surface area contributed by atoms with Crippen LogP contribution in [0.2, 0.25) is 0 Å². The second-order valence-electron chi connectivity index (χ2n) is 4.79. The summed E-state index contributed by atoms with van der Waals surface area (Å²) in [5.74, 6) is 0.947. The van der Waals surface area contributed by atoms with Gasteiger partial charge in [-0.25, -0.2) is 9.97 Å². The van der Waals surface area contributed by atoms with Crippen molar-refractivity contribution in [1.82, 2.24) is 14.5 Å². The minimum atomic E-state index is 0.462. The van der Waals surface area contributed by atoms with E-state index in [1.165, 1.54) is 0 Å². The SMILES string of the molecule is COCCn1c(-c2sc(CN)nc2C)nc2ccccc21. The number of benzene rings is 1. The van der Waals surface area contributed by atoms with Crippen LogP contribution in [0.1, 0.15) is 10.7 Å². The van der Waals surface area contributed by atoms with E-state index in [-0.39, 0.29) is 0 Å². The molecule has 5 nitrogen and oxygen atoms in total. The number of nitrogens with zero attached hydrogens (tertiary/aromatic N) is 3. The lowest BCUT2D eigenvalue weighted by Gasteiger charge is -2.07. The summed E-state index contributed by atoms with van der Waals surface area (Å²) in [6.07, 6.45) is 0. The van der Waals surface area contributed by atoms with E-state index < -0.39 is 0 Å². The largest absolute Gasteiger partial charge is 0.383 e. The van der Waals surface area contributed by atoms with E-state index in [1.807, 2.05) is 25.1 Å². The van der Waals surface area contributed by atoms with Crippen molar-refractivity contribution in [3.8, 4) is 10.7 Å². The van der Waals surface area contributed by atoms with Crippen molar-refractivity contribution in [2.45, 2.75) is 20.0 Å². The molecule has 0 spiro atoms. The van der Waals surface area contributed by atoms with Gasteiger partial charge in [-0.3, -0.25) is 0 Å². The van der Waals surface area contributed by atoms with Crippen LogP contribution in [0.15, 0.2) is 24.3 Å². The molecule has 6 heteroatoms. The molecular weight excluding hydrogens is 284 g/mol. The zero-order valence-corrected chi connectivity index (χ0v) is 13.0. The average Bonchev–Trinajstić information content (AvgIpc) is 3.05. The van der Waals surface area contributed by atoms with E-state index >= 15 is 0 Å². The Hall–Kier alpha value is -1.76. The van der Waals surface area contributed by atoms with Crippen molar-refractivity contribution in [2.75, 3.05) is 13.7 Å². The van der Waals surface area contributed by atoms with Gasteiger partial charge in [0.25, 0.3) is 0 Å². The van der Waals surface area contributed by atoms with Gasteiger partial charge in [-0.15, -0.1) is 11.3 Å². The number of methoxy groups -OCH3 is 1. The number of thiazole rings is 1. The maximum absolute atomic E-state index is 5.70. The summed E-state index contributed by atoms with van der Waals surface area (Å²) >= 11 is 1.62. The molecule has 0 atom stereocenters.